The predicted molar refractivity (Wildman–Crippen MR) is 93.6 cm³/mol. The normalized spacial score (nSPS) is 13.0. The van der Waals surface area contributed by atoms with Crippen LogP contribution >= 0.6 is 11.6 Å². The first-order valence-electron chi connectivity index (χ1n) is 7.64. The predicted octanol–water partition coefficient (Wildman–Crippen LogP) is 5.33. The second kappa shape index (κ2) is 6.55. The van der Waals surface area contributed by atoms with Crippen LogP contribution in [-0.2, 0) is 0 Å². The number of nitrogens with zero attached hydrogens (tertiary/aromatic N) is 1. The minimum absolute atomic E-state index is 0.723. The molecule has 0 unspecified atom stereocenters. The molecule has 0 fully saturated rings. The largest absolute Gasteiger partial charge is 0.456 e. The molecule has 0 aromatic heterocycles. The molecule has 0 saturated carbocycles. The van der Waals surface area contributed by atoms with Crippen molar-refractivity contribution in [3.05, 3.63) is 58.6 Å². The van der Waals surface area contributed by atoms with E-state index in [0.717, 1.165) is 47.2 Å². The minimum atomic E-state index is 0.723. The fraction of sp³-hybridized carbons (Fsp3) is 0.263. The summed E-state index contributed by atoms with van der Waals surface area (Å²) in [4.78, 5) is 2.32. The van der Waals surface area contributed by atoms with E-state index in [1.807, 2.05) is 36.4 Å². The van der Waals surface area contributed by atoms with Crippen molar-refractivity contribution in [3.8, 4) is 11.5 Å². The van der Waals surface area contributed by atoms with Crippen molar-refractivity contribution in [2.24, 2.45) is 0 Å². The van der Waals surface area contributed by atoms with Gasteiger partial charge in [0.05, 0.1) is 5.02 Å². The van der Waals surface area contributed by atoms with Crippen LogP contribution in [0.1, 0.15) is 24.5 Å². The summed E-state index contributed by atoms with van der Waals surface area (Å²) in [5.41, 5.74) is 3.33. The highest BCUT2D eigenvalue weighted by Crippen LogP contribution is 2.40. The SMILES string of the molecule is CCCN(C)CC1=Cc2c(Cl)cccc2Oc2ccccc21. The van der Waals surface area contributed by atoms with E-state index in [2.05, 4.69) is 31.0 Å². The lowest BCUT2D eigenvalue weighted by Crippen LogP contribution is -2.21. The molecule has 0 saturated heterocycles. The lowest BCUT2D eigenvalue weighted by Gasteiger charge is -2.18. The second-order valence-corrected chi connectivity index (χ2v) is 6.06. The van der Waals surface area contributed by atoms with E-state index in [1.165, 1.54) is 5.57 Å². The summed E-state index contributed by atoms with van der Waals surface area (Å²) in [7, 11) is 2.15. The summed E-state index contributed by atoms with van der Waals surface area (Å²) in [6.45, 7) is 4.13. The smallest absolute Gasteiger partial charge is 0.136 e. The monoisotopic (exact) mass is 313 g/mol. The van der Waals surface area contributed by atoms with E-state index in [4.69, 9.17) is 16.3 Å². The number of ether oxygens (including phenoxy) is 1. The Morgan fingerprint density at radius 3 is 2.64 bits per heavy atom. The van der Waals surface area contributed by atoms with Crippen molar-refractivity contribution in [3.63, 3.8) is 0 Å². The third-order valence-electron chi connectivity index (χ3n) is 3.83. The maximum Gasteiger partial charge on any atom is 0.136 e. The molecular formula is C19H20ClNO. The minimum Gasteiger partial charge on any atom is -0.456 e. The van der Waals surface area contributed by atoms with Crippen LogP contribution in [0.3, 0.4) is 0 Å². The highest BCUT2D eigenvalue weighted by molar-refractivity contribution is 6.32. The molecule has 0 aliphatic carbocycles. The first-order chi connectivity index (χ1) is 10.7. The summed E-state index contributed by atoms with van der Waals surface area (Å²) in [5, 5.41) is 0.723. The Hall–Kier alpha value is -1.77. The number of fused-ring (bicyclic) bond motifs is 2. The van der Waals surface area contributed by atoms with Gasteiger partial charge in [-0.2, -0.15) is 0 Å². The van der Waals surface area contributed by atoms with Gasteiger partial charge in [0.1, 0.15) is 11.5 Å². The van der Waals surface area contributed by atoms with E-state index >= 15 is 0 Å². The topological polar surface area (TPSA) is 12.5 Å². The molecular weight excluding hydrogens is 294 g/mol. The standard InChI is InChI=1S/C19H20ClNO/c1-3-11-21(2)13-14-12-16-17(20)8-6-10-19(16)22-18-9-5-4-7-15(14)18/h4-10,12H,3,11,13H2,1-2H3. The lowest BCUT2D eigenvalue weighted by molar-refractivity contribution is 0.376. The fourth-order valence-electron chi connectivity index (χ4n) is 2.82. The van der Waals surface area contributed by atoms with Crippen molar-refractivity contribution in [1.82, 2.24) is 4.90 Å². The fourth-order valence-corrected chi connectivity index (χ4v) is 3.04. The van der Waals surface area contributed by atoms with Gasteiger partial charge in [-0.1, -0.05) is 42.8 Å². The molecule has 114 valence electrons. The second-order valence-electron chi connectivity index (χ2n) is 5.66. The number of para-hydroxylation sites is 1. The Morgan fingerprint density at radius 1 is 1.05 bits per heavy atom. The van der Waals surface area contributed by atoms with E-state index in [0.29, 0.717) is 0 Å². The third kappa shape index (κ3) is 3.03. The molecule has 0 amide bonds. The van der Waals surface area contributed by atoms with Crippen LogP contribution in [0.25, 0.3) is 11.6 Å². The zero-order valence-corrected chi connectivity index (χ0v) is 13.7. The number of hydrogen-bond donors (Lipinski definition) is 0. The number of halogens is 1. The molecule has 2 nitrogen and oxygen atoms in total. The van der Waals surface area contributed by atoms with Gasteiger partial charge in [-0.05, 0) is 49.9 Å². The van der Waals surface area contributed by atoms with Crippen molar-refractivity contribution in [1.29, 1.82) is 0 Å². The van der Waals surface area contributed by atoms with E-state index in [-0.39, 0.29) is 0 Å². The van der Waals surface area contributed by atoms with Crippen molar-refractivity contribution in [2.45, 2.75) is 13.3 Å². The average Bonchev–Trinajstić information content (AvgIpc) is 2.65. The van der Waals surface area contributed by atoms with Gasteiger partial charge in [0.2, 0.25) is 0 Å². The lowest BCUT2D eigenvalue weighted by atomic mass is 10.0. The first-order valence-corrected chi connectivity index (χ1v) is 8.01. The van der Waals surface area contributed by atoms with Gasteiger partial charge in [0, 0.05) is 17.7 Å². The number of benzene rings is 2. The molecule has 2 aromatic carbocycles. The molecule has 3 rings (SSSR count). The van der Waals surface area contributed by atoms with E-state index in [9.17, 15) is 0 Å². The van der Waals surface area contributed by atoms with Crippen LogP contribution in [0, 0.1) is 0 Å². The van der Waals surface area contributed by atoms with Crippen LogP contribution in [0.4, 0.5) is 0 Å². The molecule has 0 spiro atoms. The van der Waals surface area contributed by atoms with Crippen LogP contribution in [-0.4, -0.2) is 25.0 Å². The summed E-state index contributed by atoms with van der Waals surface area (Å²) in [5.74, 6) is 1.70. The van der Waals surface area contributed by atoms with Gasteiger partial charge in [-0.3, -0.25) is 0 Å². The molecule has 3 heteroatoms. The Labute approximate surface area is 137 Å². The van der Waals surface area contributed by atoms with Gasteiger partial charge in [-0.25, -0.2) is 0 Å². The van der Waals surface area contributed by atoms with Crippen LogP contribution in [0.5, 0.6) is 11.5 Å². The first kappa shape index (κ1) is 15.1. The molecule has 1 aliphatic heterocycles. The molecule has 22 heavy (non-hydrogen) atoms. The maximum absolute atomic E-state index is 6.38. The summed E-state index contributed by atoms with van der Waals surface area (Å²) in [6.07, 6.45) is 3.30. The zero-order valence-electron chi connectivity index (χ0n) is 13.0. The summed E-state index contributed by atoms with van der Waals surface area (Å²) in [6, 6.07) is 14.0. The van der Waals surface area contributed by atoms with Crippen molar-refractivity contribution in [2.75, 3.05) is 20.1 Å². The van der Waals surface area contributed by atoms with Crippen LogP contribution < -0.4 is 4.74 Å². The van der Waals surface area contributed by atoms with Gasteiger partial charge in [-0.15, -0.1) is 0 Å². The number of likely N-dealkylation sites (N-methyl/N-ethyl adjacent to an activating group) is 1. The zero-order chi connectivity index (χ0) is 15.5. The van der Waals surface area contributed by atoms with Crippen molar-refractivity contribution >= 4 is 23.3 Å². The molecule has 0 atom stereocenters. The third-order valence-corrected chi connectivity index (χ3v) is 4.16. The summed E-state index contributed by atoms with van der Waals surface area (Å²) < 4.78 is 6.10. The Morgan fingerprint density at radius 2 is 1.82 bits per heavy atom. The Bertz CT molecular complexity index is 708. The van der Waals surface area contributed by atoms with Crippen LogP contribution in [0.15, 0.2) is 42.5 Å². The molecule has 2 aromatic rings. The molecule has 0 radical (unpaired) electrons. The number of rotatable bonds is 4. The van der Waals surface area contributed by atoms with Gasteiger partial charge in [0.25, 0.3) is 0 Å². The molecule has 0 bridgehead atoms. The van der Waals surface area contributed by atoms with Crippen molar-refractivity contribution < 1.29 is 4.74 Å². The Kier molecular flexibility index (Phi) is 4.51. The van der Waals surface area contributed by atoms with Gasteiger partial charge >= 0.3 is 0 Å². The Balaban J connectivity index is 2.09. The summed E-state index contributed by atoms with van der Waals surface area (Å²) >= 11 is 6.38. The molecule has 0 N–H and O–H groups in total. The molecule has 1 aliphatic rings. The highest BCUT2D eigenvalue weighted by atomic mass is 35.5. The highest BCUT2D eigenvalue weighted by Gasteiger charge is 2.18. The van der Waals surface area contributed by atoms with E-state index in [1.54, 1.807) is 0 Å². The van der Waals surface area contributed by atoms with Gasteiger partial charge in [0.15, 0.2) is 0 Å². The number of hydrogen-bond acceptors (Lipinski definition) is 2. The molecule has 1 heterocycles. The quantitative estimate of drug-likeness (QED) is 0.756. The average molecular weight is 314 g/mol. The maximum atomic E-state index is 6.38. The van der Waals surface area contributed by atoms with Gasteiger partial charge < -0.3 is 9.64 Å². The van der Waals surface area contributed by atoms with Crippen LogP contribution in [0.2, 0.25) is 5.02 Å². The van der Waals surface area contributed by atoms with E-state index < -0.39 is 0 Å².